The Morgan fingerprint density at radius 2 is 2.20 bits per heavy atom. The van der Waals surface area contributed by atoms with E-state index in [1.54, 1.807) is 6.08 Å². The lowest BCUT2D eigenvalue weighted by molar-refractivity contribution is -0.386. The number of nitrogens with zero attached hydrogens (tertiary/aromatic N) is 2. The van der Waals surface area contributed by atoms with E-state index in [1.807, 2.05) is 0 Å². The number of hydrogen-bond acceptors (Lipinski definition) is 4. The Labute approximate surface area is 117 Å². The molecule has 0 radical (unpaired) electrons. The zero-order valence-corrected chi connectivity index (χ0v) is 11.2. The minimum atomic E-state index is -0.451. The third kappa shape index (κ3) is 3.20. The molecule has 0 saturated carbocycles. The molecule has 1 saturated heterocycles. The summed E-state index contributed by atoms with van der Waals surface area (Å²) < 4.78 is 13.5. The van der Waals surface area contributed by atoms with Crippen LogP contribution in [0.5, 0.6) is 0 Å². The van der Waals surface area contributed by atoms with Crippen molar-refractivity contribution in [2.45, 2.75) is 12.5 Å². The molecule has 1 atom stereocenters. The van der Waals surface area contributed by atoms with Crippen LogP contribution >= 0.6 is 0 Å². The molecule has 6 heteroatoms. The van der Waals surface area contributed by atoms with Crippen LogP contribution in [-0.2, 0) is 0 Å². The molecule has 0 aromatic heterocycles. The van der Waals surface area contributed by atoms with E-state index in [9.17, 15) is 14.5 Å². The summed E-state index contributed by atoms with van der Waals surface area (Å²) in [5, 5.41) is 14.4. The largest absolute Gasteiger partial charge is 0.314 e. The van der Waals surface area contributed by atoms with Crippen molar-refractivity contribution in [3.8, 4) is 0 Å². The first kappa shape index (κ1) is 14.6. The van der Waals surface area contributed by atoms with Gasteiger partial charge < -0.3 is 5.32 Å². The lowest BCUT2D eigenvalue weighted by atomic mass is 9.99. The average molecular weight is 279 g/mol. The molecule has 2 rings (SSSR count). The van der Waals surface area contributed by atoms with E-state index in [-0.39, 0.29) is 11.7 Å². The SMILES string of the molecule is C=CC[C@@H](c1cc(F)ccc1[N+](=O)[O-])N1CCNCC1. The minimum absolute atomic E-state index is 0.0308. The van der Waals surface area contributed by atoms with Crippen LogP contribution in [0.4, 0.5) is 10.1 Å². The molecule has 5 nitrogen and oxygen atoms in total. The van der Waals surface area contributed by atoms with E-state index in [0.29, 0.717) is 12.0 Å². The molecule has 1 heterocycles. The first-order valence-electron chi connectivity index (χ1n) is 6.63. The van der Waals surface area contributed by atoms with Crippen molar-refractivity contribution in [2.75, 3.05) is 26.2 Å². The zero-order valence-electron chi connectivity index (χ0n) is 11.2. The maximum Gasteiger partial charge on any atom is 0.274 e. The minimum Gasteiger partial charge on any atom is -0.314 e. The van der Waals surface area contributed by atoms with Gasteiger partial charge in [0.15, 0.2) is 0 Å². The second-order valence-electron chi connectivity index (χ2n) is 4.79. The van der Waals surface area contributed by atoms with Crippen LogP contribution in [0.15, 0.2) is 30.9 Å². The second kappa shape index (κ2) is 6.58. The summed E-state index contributed by atoms with van der Waals surface area (Å²) in [5.41, 5.74) is 0.397. The summed E-state index contributed by atoms with van der Waals surface area (Å²) in [6.45, 7) is 6.94. The number of nitro groups is 1. The van der Waals surface area contributed by atoms with Crippen molar-refractivity contribution in [2.24, 2.45) is 0 Å². The molecule has 0 spiro atoms. The molecule has 1 aliphatic heterocycles. The van der Waals surface area contributed by atoms with Crippen molar-refractivity contribution in [3.63, 3.8) is 0 Å². The van der Waals surface area contributed by atoms with Gasteiger partial charge in [-0.15, -0.1) is 6.58 Å². The number of piperazine rings is 1. The van der Waals surface area contributed by atoms with E-state index in [1.165, 1.54) is 12.1 Å². The maximum atomic E-state index is 13.5. The Morgan fingerprint density at radius 3 is 2.80 bits per heavy atom. The van der Waals surface area contributed by atoms with Gasteiger partial charge in [-0.05, 0) is 18.6 Å². The molecular formula is C14H18FN3O2. The highest BCUT2D eigenvalue weighted by atomic mass is 19.1. The second-order valence-corrected chi connectivity index (χ2v) is 4.79. The van der Waals surface area contributed by atoms with Crippen molar-refractivity contribution in [1.82, 2.24) is 10.2 Å². The van der Waals surface area contributed by atoms with Crippen molar-refractivity contribution in [3.05, 3.63) is 52.3 Å². The summed E-state index contributed by atoms with van der Waals surface area (Å²) in [6, 6.07) is 3.44. The van der Waals surface area contributed by atoms with E-state index in [4.69, 9.17) is 0 Å². The van der Waals surface area contributed by atoms with Crippen LogP contribution in [-0.4, -0.2) is 36.0 Å². The summed E-state index contributed by atoms with van der Waals surface area (Å²) in [4.78, 5) is 12.8. The Kier molecular flexibility index (Phi) is 4.81. The van der Waals surface area contributed by atoms with Gasteiger partial charge in [-0.2, -0.15) is 0 Å². The smallest absolute Gasteiger partial charge is 0.274 e. The summed E-state index contributed by atoms with van der Waals surface area (Å²) in [6.07, 6.45) is 2.28. The predicted octanol–water partition coefficient (Wildman–Crippen LogP) is 2.26. The van der Waals surface area contributed by atoms with Crippen LogP contribution in [0, 0.1) is 15.9 Å². The van der Waals surface area contributed by atoms with Gasteiger partial charge in [-0.3, -0.25) is 15.0 Å². The molecule has 108 valence electrons. The average Bonchev–Trinajstić information content (AvgIpc) is 2.45. The lowest BCUT2D eigenvalue weighted by Gasteiger charge is -2.34. The van der Waals surface area contributed by atoms with Gasteiger partial charge in [0.05, 0.1) is 10.5 Å². The van der Waals surface area contributed by atoms with E-state index < -0.39 is 10.7 Å². The number of nitro benzene ring substituents is 1. The number of halogens is 1. The van der Waals surface area contributed by atoms with Gasteiger partial charge in [0, 0.05) is 38.3 Å². The number of hydrogen-bond donors (Lipinski definition) is 1. The first-order chi connectivity index (χ1) is 9.63. The molecule has 1 aromatic rings. The van der Waals surface area contributed by atoms with Gasteiger partial charge in [-0.25, -0.2) is 4.39 Å². The summed E-state index contributed by atoms with van der Waals surface area (Å²) in [7, 11) is 0. The molecule has 1 fully saturated rings. The molecule has 1 aliphatic rings. The number of nitrogens with one attached hydrogen (secondary N) is 1. The zero-order chi connectivity index (χ0) is 14.5. The highest BCUT2D eigenvalue weighted by Gasteiger charge is 2.27. The van der Waals surface area contributed by atoms with Gasteiger partial charge in [0.25, 0.3) is 5.69 Å². The number of rotatable bonds is 5. The van der Waals surface area contributed by atoms with Crippen LogP contribution in [0.25, 0.3) is 0 Å². The molecule has 1 N–H and O–H groups in total. The fraction of sp³-hybridized carbons (Fsp3) is 0.429. The third-order valence-electron chi connectivity index (χ3n) is 3.53. The van der Waals surface area contributed by atoms with Crippen LogP contribution in [0.3, 0.4) is 0 Å². The van der Waals surface area contributed by atoms with E-state index >= 15 is 0 Å². The van der Waals surface area contributed by atoms with E-state index in [0.717, 1.165) is 32.2 Å². The maximum absolute atomic E-state index is 13.5. The Balaban J connectivity index is 2.39. The molecule has 0 amide bonds. The van der Waals surface area contributed by atoms with Gasteiger partial charge >= 0.3 is 0 Å². The monoisotopic (exact) mass is 279 g/mol. The molecule has 20 heavy (non-hydrogen) atoms. The molecule has 0 unspecified atom stereocenters. The highest BCUT2D eigenvalue weighted by molar-refractivity contribution is 5.43. The van der Waals surface area contributed by atoms with Crippen LogP contribution in [0.1, 0.15) is 18.0 Å². The lowest BCUT2D eigenvalue weighted by Crippen LogP contribution is -2.45. The topological polar surface area (TPSA) is 58.4 Å². The van der Waals surface area contributed by atoms with Crippen molar-refractivity contribution < 1.29 is 9.31 Å². The van der Waals surface area contributed by atoms with E-state index in [2.05, 4.69) is 16.8 Å². The first-order valence-corrected chi connectivity index (χ1v) is 6.63. The van der Waals surface area contributed by atoms with Gasteiger partial charge in [-0.1, -0.05) is 6.08 Å². The van der Waals surface area contributed by atoms with Crippen LogP contribution < -0.4 is 5.32 Å². The Hall–Kier alpha value is -1.79. The molecule has 0 aliphatic carbocycles. The molecular weight excluding hydrogens is 261 g/mol. The Bertz CT molecular complexity index is 501. The summed E-state index contributed by atoms with van der Waals surface area (Å²) in [5.74, 6) is -0.449. The van der Waals surface area contributed by atoms with Gasteiger partial charge in [0.1, 0.15) is 5.82 Å². The van der Waals surface area contributed by atoms with Crippen LogP contribution in [0.2, 0.25) is 0 Å². The Morgan fingerprint density at radius 1 is 1.50 bits per heavy atom. The van der Waals surface area contributed by atoms with Crippen molar-refractivity contribution in [1.29, 1.82) is 0 Å². The normalized spacial score (nSPS) is 17.6. The predicted molar refractivity (Wildman–Crippen MR) is 75.1 cm³/mol. The standard InChI is InChI=1S/C14H18FN3O2/c1-2-3-13(17-8-6-16-7-9-17)12-10-11(15)4-5-14(12)18(19)20/h2,4-5,10,13,16H,1,3,6-9H2/t13-/m0/s1. The quantitative estimate of drug-likeness (QED) is 0.510. The molecule has 0 bridgehead atoms. The highest BCUT2D eigenvalue weighted by Crippen LogP contribution is 2.32. The van der Waals surface area contributed by atoms with Gasteiger partial charge in [0.2, 0.25) is 0 Å². The summed E-state index contributed by atoms with van der Waals surface area (Å²) >= 11 is 0. The third-order valence-corrected chi connectivity index (χ3v) is 3.53. The fourth-order valence-corrected chi connectivity index (χ4v) is 2.58. The van der Waals surface area contributed by atoms with Crippen molar-refractivity contribution >= 4 is 5.69 Å². The molecule has 1 aromatic carbocycles. The fourth-order valence-electron chi connectivity index (χ4n) is 2.58. The number of benzene rings is 1.